The van der Waals surface area contributed by atoms with Crippen molar-refractivity contribution in [3.05, 3.63) is 24.5 Å². The standard InChI is InChI=1S/C15H21N3O3/c19-15(17-8-10-20-11-9-17)18-7-1-2-14(12-18)21-13-3-5-16-6-4-13/h3-6,14H,1-2,7-12H2/t14-/m0/s1. The Labute approximate surface area is 124 Å². The molecule has 21 heavy (non-hydrogen) atoms. The largest absolute Gasteiger partial charge is 0.488 e. The van der Waals surface area contributed by atoms with Gasteiger partial charge in [-0.1, -0.05) is 0 Å². The highest BCUT2D eigenvalue weighted by Gasteiger charge is 2.28. The second-order valence-corrected chi connectivity index (χ2v) is 5.39. The summed E-state index contributed by atoms with van der Waals surface area (Å²) in [6.07, 6.45) is 5.45. The number of carbonyl (C=O) groups excluding carboxylic acids is 1. The molecule has 2 fully saturated rings. The summed E-state index contributed by atoms with van der Waals surface area (Å²) in [6, 6.07) is 3.81. The summed E-state index contributed by atoms with van der Waals surface area (Å²) in [5.74, 6) is 0.815. The van der Waals surface area contributed by atoms with Crippen molar-refractivity contribution in [1.29, 1.82) is 0 Å². The van der Waals surface area contributed by atoms with Crippen LogP contribution in [0.4, 0.5) is 4.79 Å². The number of urea groups is 1. The Morgan fingerprint density at radius 2 is 1.95 bits per heavy atom. The van der Waals surface area contributed by atoms with Crippen molar-refractivity contribution < 1.29 is 14.3 Å². The summed E-state index contributed by atoms with van der Waals surface area (Å²) >= 11 is 0. The molecule has 2 saturated heterocycles. The summed E-state index contributed by atoms with van der Waals surface area (Å²) < 4.78 is 11.2. The first-order valence-electron chi connectivity index (χ1n) is 7.51. The number of amides is 2. The molecule has 1 atom stereocenters. The molecule has 2 aliphatic rings. The second kappa shape index (κ2) is 6.76. The molecule has 0 aromatic carbocycles. The van der Waals surface area contributed by atoms with E-state index < -0.39 is 0 Å². The fourth-order valence-electron chi connectivity index (χ4n) is 2.77. The van der Waals surface area contributed by atoms with Crippen molar-refractivity contribution in [3.63, 3.8) is 0 Å². The molecule has 0 N–H and O–H groups in total. The van der Waals surface area contributed by atoms with Gasteiger partial charge in [-0.05, 0) is 25.0 Å². The SMILES string of the molecule is O=C(N1CCOCC1)N1CCC[C@H](Oc2ccncc2)C1. The number of piperidine rings is 1. The fourth-order valence-corrected chi connectivity index (χ4v) is 2.77. The van der Waals surface area contributed by atoms with E-state index in [0.29, 0.717) is 32.8 Å². The van der Waals surface area contributed by atoms with Crippen LogP contribution in [0.5, 0.6) is 5.75 Å². The maximum Gasteiger partial charge on any atom is 0.320 e. The Hall–Kier alpha value is -1.82. The van der Waals surface area contributed by atoms with E-state index in [9.17, 15) is 4.79 Å². The molecular formula is C15H21N3O3. The molecule has 2 amide bonds. The van der Waals surface area contributed by atoms with Crippen molar-refractivity contribution in [2.24, 2.45) is 0 Å². The summed E-state index contributed by atoms with van der Waals surface area (Å²) in [7, 11) is 0. The molecule has 0 saturated carbocycles. The topological polar surface area (TPSA) is 54.9 Å². The van der Waals surface area contributed by atoms with Gasteiger partial charge in [0.1, 0.15) is 11.9 Å². The predicted molar refractivity (Wildman–Crippen MR) is 77.2 cm³/mol. The number of hydrogen-bond acceptors (Lipinski definition) is 4. The van der Waals surface area contributed by atoms with Gasteiger partial charge < -0.3 is 19.3 Å². The van der Waals surface area contributed by atoms with Crippen LogP contribution in [0.1, 0.15) is 12.8 Å². The van der Waals surface area contributed by atoms with Gasteiger partial charge in [0.2, 0.25) is 0 Å². The molecule has 1 aromatic heterocycles. The maximum atomic E-state index is 12.5. The number of ether oxygens (including phenoxy) is 2. The molecule has 0 aliphatic carbocycles. The highest BCUT2D eigenvalue weighted by atomic mass is 16.5. The molecule has 3 rings (SSSR count). The van der Waals surface area contributed by atoms with Crippen LogP contribution in [0.15, 0.2) is 24.5 Å². The van der Waals surface area contributed by atoms with Gasteiger partial charge >= 0.3 is 6.03 Å². The predicted octanol–water partition coefficient (Wildman–Crippen LogP) is 1.38. The van der Waals surface area contributed by atoms with E-state index in [1.807, 2.05) is 21.9 Å². The second-order valence-electron chi connectivity index (χ2n) is 5.39. The molecule has 0 radical (unpaired) electrons. The number of carbonyl (C=O) groups is 1. The molecule has 0 spiro atoms. The van der Waals surface area contributed by atoms with Crippen molar-refractivity contribution in [3.8, 4) is 5.75 Å². The van der Waals surface area contributed by atoms with Crippen LogP contribution in [0.3, 0.4) is 0 Å². The van der Waals surface area contributed by atoms with Gasteiger partial charge in [-0.3, -0.25) is 4.98 Å². The summed E-state index contributed by atoms with van der Waals surface area (Å²) in [4.78, 5) is 20.2. The van der Waals surface area contributed by atoms with Crippen LogP contribution in [0.2, 0.25) is 0 Å². The number of hydrogen-bond donors (Lipinski definition) is 0. The van der Waals surface area contributed by atoms with E-state index in [1.165, 1.54) is 0 Å². The van der Waals surface area contributed by atoms with Gasteiger partial charge in [0.15, 0.2) is 0 Å². The molecule has 0 bridgehead atoms. The van der Waals surface area contributed by atoms with Gasteiger partial charge in [-0.15, -0.1) is 0 Å². The smallest absolute Gasteiger partial charge is 0.320 e. The van der Waals surface area contributed by atoms with Crippen LogP contribution in [0, 0.1) is 0 Å². The van der Waals surface area contributed by atoms with E-state index in [-0.39, 0.29) is 12.1 Å². The maximum absolute atomic E-state index is 12.5. The Kier molecular flexibility index (Phi) is 4.55. The van der Waals surface area contributed by atoms with E-state index >= 15 is 0 Å². The van der Waals surface area contributed by atoms with Crippen molar-refractivity contribution in [1.82, 2.24) is 14.8 Å². The molecular weight excluding hydrogens is 270 g/mol. The third-order valence-corrected chi connectivity index (χ3v) is 3.88. The minimum Gasteiger partial charge on any atom is -0.488 e. The highest BCUT2D eigenvalue weighted by molar-refractivity contribution is 5.74. The van der Waals surface area contributed by atoms with Gasteiger partial charge in [0.05, 0.1) is 19.8 Å². The average molecular weight is 291 g/mol. The highest BCUT2D eigenvalue weighted by Crippen LogP contribution is 2.19. The number of pyridine rings is 1. The summed E-state index contributed by atoms with van der Waals surface area (Å²) in [5, 5.41) is 0. The van der Waals surface area contributed by atoms with Gasteiger partial charge in [-0.2, -0.15) is 0 Å². The zero-order chi connectivity index (χ0) is 14.5. The van der Waals surface area contributed by atoms with Crippen molar-refractivity contribution in [2.45, 2.75) is 18.9 Å². The molecule has 0 unspecified atom stereocenters. The van der Waals surface area contributed by atoms with Crippen molar-refractivity contribution in [2.75, 3.05) is 39.4 Å². The Bertz CT molecular complexity index is 462. The minimum absolute atomic E-state index is 0.0612. The third kappa shape index (κ3) is 3.64. The number of likely N-dealkylation sites (tertiary alicyclic amines) is 1. The van der Waals surface area contributed by atoms with E-state index in [1.54, 1.807) is 12.4 Å². The van der Waals surface area contributed by atoms with Gasteiger partial charge in [0, 0.05) is 32.0 Å². The van der Waals surface area contributed by atoms with Crippen LogP contribution in [-0.2, 0) is 4.74 Å². The monoisotopic (exact) mass is 291 g/mol. The Morgan fingerprint density at radius 3 is 2.71 bits per heavy atom. The first kappa shape index (κ1) is 14.1. The lowest BCUT2D eigenvalue weighted by atomic mass is 10.1. The van der Waals surface area contributed by atoms with Crippen LogP contribution < -0.4 is 4.74 Å². The normalized spacial score (nSPS) is 23.0. The van der Waals surface area contributed by atoms with E-state index in [2.05, 4.69) is 4.98 Å². The summed E-state index contributed by atoms with van der Waals surface area (Å²) in [6.45, 7) is 4.11. The van der Waals surface area contributed by atoms with E-state index in [4.69, 9.17) is 9.47 Å². The molecule has 6 heteroatoms. The van der Waals surface area contributed by atoms with Crippen LogP contribution in [0.25, 0.3) is 0 Å². The average Bonchev–Trinajstić information content (AvgIpc) is 2.56. The first-order valence-corrected chi connectivity index (χ1v) is 7.51. The number of rotatable bonds is 2. The number of nitrogens with zero attached hydrogens (tertiary/aromatic N) is 3. The van der Waals surface area contributed by atoms with Gasteiger partial charge in [0.25, 0.3) is 0 Å². The minimum atomic E-state index is 0.0612. The zero-order valence-corrected chi connectivity index (χ0v) is 12.1. The lowest BCUT2D eigenvalue weighted by molar-refractivity contribution is 0.0330. The zero-order valence-electron chi connectivity index (χ0n) is 12.1. The molecule has 114 valence electrons. The lowest BCUT2D eigenvalue weighted by Gasteiger charge is -2.37. The lowest BCUT2D eigenvalue weighted by Crippen LogP contribution is -2.52. The fraction of sp³-hybridized carbons (Fsp3) is 0.600. The van der Waals surface area contributed by atoms with Crippen LogP contribution in [-0.4, -0.2) is 66.3 Å². The Balaban J connectivity index is 1.56. The molecule has 1 aromatic rings. The quantitative estimate of drug-likeness (QED) is 0.826. The van der Waals surface area contributed by atoms with Crippen LogP contribution >= 0.6 is 0 Å². The van der Waals surface area contributed by atoms with E-state index in [0.717, 1.165) is 25.1 Å². The summed E-state index contributed by atoms with van der Waals surface area (Å²) in [5.41, 5.74) is 0. The third-order valence-electron chi connectivity index (χ3n) is 3.88. The van der Waals surface area contributed by atoms with Crippen molar-refractivity contribution >= 4 is 6.03 Å². The Morgan fingerprint density at radius 1 is 1.19 bits per heavy atom. The first-order chi connectivity index (χ1) is 10.3. The molecule has 6 nitrogen and oxygen atoms in total. The molecule has 3 heterocycles. The number of aromatic nitrogens is 1. The molecule has 2 aliphatic heterocycles. The number of morpholine rings is 1. The van der Waals surface area contributed by atoms with Gasteiger partial charge in [-0.25, -0.2) is 4.79 Å².